The minimum Gasteiger partial charge on any atom is -0.444 e. The first kappa shape index (κ1) is 24.0. The van der Waals surface area contributed by atoms with Gasteiger partial charge in [-0.1, -0.05) is 24.3 Å². The van der Waals surface area contributed by atoms with E-state index in [0.29, 0.717) is 50.0 Å². The number of aromatic nitrogens is 2. The Morgan fingerprint density at radius 1 is 1.15 bits per heavy atom. The number of likely N-dealkylation sites (tertiary alicyclic amines) is 1. The third-order valence-electron chi connectivity index (χ3n) is 6.24. The lowest BCUT2D eigenvalue weighted by atomic mass is 9.89. The summed E-state index contributed by atoms with van der Waals surface area (Å²) in [6, 6.07) is 10.7. The predicted octanol–water partition coefficient (Wildman–Crippen LogP) is 3.89. The Balaban J connectivity index is 1.38. The summed E-state index contributed by atoms with van der Waals surface area (Å²) >= 11 is 0. The Morgan fingerprint density at radius 3 is 2.44 bits per heavy atom. The van der Waals surface area contributed by atoms with Crippen molar-refractivity contribution in [2.45, 2.75) is 51.6 Å². The van der Waals surface area contributed by atoms with Crippen LogP contribution in [0.5, 0.6) is 0 Å². The minimum atomic E-state index is -0.471. The van der Waals surface area contributed by atoms with Crippen LogP contribution in [-0.2, 0) is 15.9 Å². The first-order valence-corrected chi connectivity index (χ1v) is 12.0. The topological polar surface area (TPSA) is 91.6 Å². The normalized spacial score (nSPS) is 17.4. The molecular weight excluding hydrogens is 430 g/mol. The monoisotopic (exact) mass is 463 g/mol. The molecule has 2 saturated heterocycles. The number of nitrogens with zero attached hydrogens (tertiary/aromatic N) is 5. The molecular formula is C26H33N5O3. The fraction of sp³-hybridized carbons (Fsp3) is 0.538. The molecule has 0 radical (unpaired) electrons. The van der Waals surface area contributed by atoms with Crippen LogP contribution >= 0.6 is 0 Å². The van der Waals surface area contributed by atoms with Gasteiger partial charge in [-0.3, -0.25) is 0 Å². The number of hydrogen-bond acceptors (Lipinski definition) is 7. The lowest BCUT2D eigenvalue weighted by Crippen LogP contribution is -2.41. The summed E-state index contributed by atoms with van der Waals surface area (Å²) in [5, 5.41) is 9.51. The Morgan fingerprint density at radius 2 is 1.82 bits per heavy atom. The first-order chi connectivity index (χ1) is 16.3. The van der Waals surface area contributed by atoms with Crippen molar-refractivity contribution in [3.63, 3.8) is 0 Å². The van der Waals surface area contributed by atoms with Crippen molar-refractivity contribution in [1.29, 1.82) is 5.26 Å². The number of carbonyl (C=O) groups is 1. The highest BCUT2D eigenvalue weighted by molar-refractivity contribution is 5.68. The van der Waals surface area contributed by atoms with Gasteiger partial charge in [0, 0.05) is 32.6 Å². The standard InChI is InChI=1S/C26H33N5O3/c1-26(2,3)34-25(32)31-10-8-21(9-11-31)20-6-4-19(5-7-20)16-22-23(17-27)28-18-24(29-22)30-12-14-33-15-13-30/h4-7,18,21H,8-16H2,1-3H3. The zero-order chi connectivity index (χ0) is 24.1. The summed E-state index contributed by atoms with van der Waals surface area (Å²) in [6.07, 6.45) is 3.86. The van der Waals surface area contributed by atoms with Crippen molar-refractivity contribution in [2.75, 3.05) is 44.3 Å². The molecule has 0 N–H and O–H groups in total. The molecule has 1 aromatic heterocycles. The molecule has 0 atom stereocenters. The Labute approximate surface area is 201 Å². The number of nitriles is 1. The fourth-order valence-corrected chi connectivity index (χ4v) is 4.40. The van der Waals surface area contributed by atoms with Gasteiger partial charge in [0.15, 0.2) is 5.69 Å². The van der Waals surface area contributed by atoms with Crippen LogP contribution in [0, 0.1) is 11.3 Å². The average molecular weight is 464 g/mol. The van der Waals surface area contributed by atoms with Gasteiger partial charge < -0.3 is 19.3 Å². The average Bonchev–Trinajstić information content (AvgIpc) is 2.84. The third kappa shape index (κ3) is 6.03. The van der Waals surface area contributed by atoms with Gasteiger partial charge in [-0.25, -0.2) is 14.8 Å². The first-order valence-electron chi connectivity index (χ1n) is 12.0. The van der Waals surface area contributed by atoms with Crippen molar-refractivity contribution in [3.8, 4) is 6.07 Å². The number of amides is 1. The molecule has 8 nitrogen and oxygen atoms in total. The second-order valence-corrected chi connectivity index (χ2v) is 9.89. The number of rotatable bonds is 4. The highest BCUT2D eigenvalue weighted by Gasteiger charge is 2.27. The number of hydrogen-bond donors (Lipinski definition) is 0. The van der Waals surface area contributed by atoms with Gasteiger partial charge in [0.1, 0.15) is 17.5 Å². The van der Waals surface area contributed by atoms with Gasteiger partial charge in [-0.15, -0.1) is 0 Å². The molecule has 3 heterocycles. The molecule has 0 saturated carbocycles. The summed E-state index contributed by atoms with van der Waals surface area (Å²) in [5.41, 5.74) is 2.97. The van der Waals surface area contributed by atoms with E-state index in [-0.39, 0.29) is 6.09 Å². The van der Waals surface area contributed by atoms with Crippen LogP contribution in [0.25, 0.3) is 0 Å². The van der Waals surface area contributed by atoms with E-state index >= 15 is 0 Å². The van der Waals surface area contributed by atoms with Gasteiger partial charge in [-0.05, 0) is 50.7 Å². The number of benzene rings is 1. The van der Waals surface area contributed by atoms with Crippen LogP contribution in [0.4, 0.5) is 10.6 Å². The predicted molar refractivity (Wildman–Crippen MR) is 129 cm³/mol. The Kier molecular flexibility index (Phi) is 7.32. The molecule has 2 aliphatic heterocycles. The van der Waals surface area contributed by atoms with Crippen LogP contribution in [0.3, 0.4) is 0 Å². The van der Waals surface area contributed by atoms with E-state index in [1.807, 2.05) is 20.8 Å². The molecule has 34 heavy (non-hydrogen) atoms. The molecule has 0 spiro atoms. The van der Waals surface area contributed by atoms with Gasteiger partial charge in [0.2, 0.25) is 0 Å². The summed E-state index contributed by atoms with van der Waals surface area (Å²) in [6.45, 7) is 10.00. The maximum Gasteiger partial charge on any atom is 0.410 e. The van der Waals surface area contributed by atoms with E-state index in [4.69, 9.17) is 14.5 Å². The molecule has 2 aliphatic rings. The van der Waals surface area contributed by atoms with Gasteiger partial charge in [-0.2, -0.15) is 5.26 Å². The van der Waals surface area contributed by atoms with E-state index in [0.717, 1.165) is 37.3 Å². The SMILES string of the molecule is CC(C)(C)OC(=O)N1CCC(c2ccc(Cc3nc(N4CCOCC4)cnc3C#N)cc2)CC1. The van der Waals surface area contributed by atoms with Crippen LogP contribution in [0.2, 0.25) is 0 Å². The molecule has 0 unspecified atom stereocenters. The van der Waals surface area contributed by atoms with Crippen molar-refractivity contribution >= 4 is 11.9 Å². The maximum atomic E-state index is 12.3. The van der Waals surface area contributed by atoms with E-state index in [2.05, 4.69) is 40.2 Å². The summed E-state index contributed by atoms with van der Waals surface area (Å²) in [4.78, 5) is 25.4. The molecule has 4 rings (SSSR count). The number of ether oxygens (including phenoxy) is 2. The Bertz CT molecular complexity index is 1030. The van der Waals surface area contributed by atoms with E-state index < -0.39 is 5.60 Å². The van der Waals surface area contributed by atoms with E-state index in [1.165, 1.54) is 5.56 Å². The molecule has 180 valence electrons. The highest BCUT2D eigenvalue weighted by Crippen LogP contribution is 2.29. The van der Waals surface area contributed by atoms with E-state index in [1.54, 1.807) is 11.1 Å². The van der Waals surface area contributed by atoms with Crippen molar-refractivity contribution < 1.29 is 14.3 Å². The van der Waals surface area contributed by atoms with Crippen molar-refractivity contribution in [1.82, 2.24) is 14.9 Å². The third-order valence-corrected chi connectivity index (χ3v) is 6.24. The Hall–Kier alpha value is -3.18. The van der Waals surface area contributed by atoms with Crippen LogP contribution in [0.15, 0.2) is 30.5 Å². The van der Waals surface area contributed by atoms with Crippen LogP contribution < -0.4 is 4.90 Å². The summed E-state index contributed by atoms with van der Waals surface area (Å²) in [5.74, 6) is 1.22. The van der Waals surface area contributed by atoms with Gasteiger partial charge in [0.25, 0.3) is 0 Å². The van der Waals surface area contributed by atoms with Crippen LogP contribution in [0.1, 0.15) is 62.0 Å². The van der Waals surface area contributed by atoms with Crippen molar-refractivity contribution in [2.24, 2.45) is 0 Å². The zero-order valence-corrected chi connectivity index (χ0v) is 20.3. The fourth-order valence-electron chi connectivity index (χ4n) is 4.40. The second-order valence-electron chi connectivity index (χ2n) is 9.89. The van der Waals surface area contributed by atoms with Gasteiger partial charge >= 0.3 is 6.09 Å². The van der Waals surface area contributed by atoms with E-state index in [9.17, 15) is 10.1 Å². The second kappa shape index (κ2) is 10.4. The van der Waals surface area contributed by atoms with Gasteiger partial charge in [0.05, 0.1) is 25.1 Å². The molecule has 0 aliphatic carbocycles. The molecule has 2 aromatic rings. The molecule has 1 amide bonds. The quantitative estimate of drug-likeness (QED) is 0.679. The molecule has 8 heteroatoms. The zero-order valence-electron chi connectivity index (χ0n) is 20.3. The lowest BCUT2D eigenvalue weighted by Gasteiger charge is -2.33. The summed E-state index contributed by atoms with van der Waals surface area (Å²) in [7, 11) is 0. The number of anilines is 1. The van der Waals surface area contributed by atoms with Crippen molar-refractivity contribution in [3.05, 3.63) is 53.0 Å². The lowest BCUT2D eigenvalue weighted by molar-refractivity contribution is 0.0205. The molecule has 2 fully saturated rings. The van der Waals surface area contributed by atoms with Crippen LogP contribution in [-0.4, -0.2) is 66.0 Å². The summed E-state index contributed by atoms with van der Waals surface area (Å²) < 4.78 is 10.9. The molecule has 0 bridgehead atoms. The number of piperidine rings is 1. The highest BCUT2D eigenvalue weighted by atomic mass is 16.6. The smallest absolute Gasteiger partial charge is 0.410 e. The minimum absolute atomic E-state index is 0.227. The maximum absolute atomic E-state index is 12.3. The number of morpholine rings is 1. The largest absolute Gasteiger partial charge is 0.444 e. The number of carbonyl (C=O) groups excluding carboxylic acids is 1. The molecule has 1 aromatic carbocycles.